The van der Waals surface area contributed by atoms with Crippen molar-refractivity contribution in [2.75, 3.05) is 18.5 Å². The Labute approximate surface area is 123 Å². The fourth-order valence-corrected chi connectivity index (χ4v) is 2.16. The van der Waals surface area contributed by atoms with Gasteiger partial charge in [0.2, 0.25) is 0 Å². The molecule has 0 saturated heterocycles. The van der Waals surface area contributed by atoms with Crippen LogP contribution in [0.1, 0.15) is 44.6 Å². The second kappa shape index (κ2) is 9.40. The first-order chi connectivity index (χ1) is 9.70. The molecule has 1 N–H and O–H groups in total. The minimum atomic E-state index is -0.0248. The van der Waals surface area contributed by atoms with Crippen LogP contribution in [0.25, 0.3) is 0 Å². The van der Waals surface area contributed by atoms with Gasteiger partial charge in [-0.05, 0) is 30.9 Å². The van der Waals surface area contributed by atoms with Crippen LogP contribution in [0.3, 0.4) is 0 Å². The first-order valence-electron chi connectivity index (χ1n) is 7.59. The van der Waals surface area contributed by atoms with Gasteiger partial charge in [-0.15, -0.1) is 0 Å². The van der Waals surface area contributed by atoms with Crippen LogP contribution in [0.4, 0.5) is 10.5 Å². The SMILES string of the molecule is [CH2]CCCc1ccccc1N(C)C(=O)NCCCCC. The number of hydrogen-bond donors (Lipinski definition) is 1. The van der Waals surface area contributed by atoms with Crippen molar-refractivity contribution in [3.8, 4) is 0 Å². The third-order valence-corrected chi connectivity index (χ3v) is 3.41. The maximum Gasteiger partial charge on any atom is 0.321 e. The molecule has 0 fully saturated rings. The van der Waals surface area contributed by atoms with Gasteiger partial charge in [-0.2, -0.15) is 0 Å². The van der Waals surface area contributed by atoms with E-state index in [2.05, 4.69) is 25.2 Å². The number of anilines is 1. The van der Waals surface area contributed by atoms with Gasteiger partial charge in [-0.25, -0.2) is 4.79 Å². The summed E-state index contributed by atoms with van der Waals surface area (Å²) in [5.41, 5.74) is 2.20. The molecule has 1 rings (SSSR count). The molecule has 3 nitrogen and oxygen atoms in total. The maximum atomic E-state index is 12.1. The molecule has 3 heteroatoms. The fraction of sp³-hybridized carbons (Fsp3) is 0.529. The van der Waals surface area contributed by atoms with Gasteiger partial charge < -0.3 is 5.32 Å². The van der Waals surface area contributed by atoms with Crippen LogP contribution in [0.15, 0.2) is 24.3 Å². The van der Waals surface area contributed by atoms with Crippen LogP contribution in [-0.2, 0) is 6.42 Å². The summed E-state index contributed by atoms with van der Waals surface area (Å²) < 4.78 is 0. The molecular weight excluding hydrogens is 248 g/mol. The molecule has 1 radical (unpaired) electrons. The van der Waals surface area contributed by atoms with E-state index in [1.807, 2.05) is 25.2 Å². The summed E-state index contributed by atoms with van der Waals surface area (Å²) in [4.78, 5) is 13.8. The number of nitrogens with one attached hydrogen (secondary N) is 1. The summed E-state index contributed by atoms with van der Waals surface area (Å²) in [6.45, 7) is 6.78. The lowest BCUT2D eigenvalue weighted by atomic mass is 10.1. The number of carbonyl (C=O) groups is 1. The van der Waals surface area contributed by atoms with Gasteiger partial charge in [0.1, 0.15) is 0 Å². The summed E-state index contributed by atoms with van der Waals surface area (Å²) in [5.74, 6) is 0. The van der Waals surface area contributed by atoms with E-state index in [4.69, 9.17) is 0 Å². The van der Waals surface area contributed by atoms with Crippen LogP contribution in [0.2, 0.25) is 0 Å². The van der Waals surface area contributed by atoms with Crippen molar-refractivity contribution in [2.45, 2.75) is 45.4 Å². The summed E-state index contributed by atoms with van der Waals surface area (Å²) in [6, 6.07) is 8.07. The molecule has 0 spiro atoms. The molecule has 0 heterocycles. The molecular formula is C17H27N2O. The molecule has 0 unspecified atom stereocenters. The van der Waals surface area contributed by atoms with E-state index in [9.17, 15) is 4.79 Å². The van der Waals surface area contributed by atoms with Gasteiger partial charge in [0.15, 0.2) is 0 Å². The van der Waals surface area contributed by atoms with Crippen molar-refractivity contribution in [3.05, 3.63) is 36.8 Å². The van der Waals surface area contributed by atoms with Gasteiger partial charge in [-0.1, -0.05) is 51.3 Å². The van der Waals surface area contributed by atoms with Crippen molar-refractivity contribution in [3.63, 3.8) is 0 Å². The average molecular weight is 275 g/mol. The Kier molecular flexibility index (Phi) is 7.78. The number of urea groups is 1. The highest BCUT2D eigenvalue weighted by Crippen LogP contribution is 2.21. The number of hydrogen-bond acceptors (Lipinski definition) is 1. The second-order valence-electron chi connectivity index (χ2n) is 5.08. The Balaban J connectivity index is 2.61. The standard InChI is InChI=1S/C17H27N2O/c1-4-6-10-14-18-17(20)19(3)16-13-9-8-12-15(16)11-7-5-2/h8-9,12-13H,2,4-7,10-11,14H2,1,3H3,(H,18,20). The lowest BCUT2D eigenvalue weighted by molar-refractivity contribution is 0.247. The molecule has 0 aliphatic heterocycles. The number of para-hydroxylation sites is 1. The third-order valence-electron chi connectivity index (χ3n) is 3.41. The first kappa shape index (κ1) is 16.5. The second-order valence-corrected chi connectivity index (χ2v) is 5.08. The number of carbonyl (C=O) groups excluding carboxylic acids is 1. The van der Waals surface area contributed by atoms with Crippen LogP contribution in [0.5, 0.6) is 0 Å². The van der Waals surface area contributed by atoms with Gasteiger partial charge >= 0.3 is 6.03 Å². The molecule has 111 valence electrons. The average Bonchev–Trinajstić information content (AvgIpc) is 2.49. The topological polar surface area (TPSA) is 32.3 Å². The van der Waals surface area contributed by atoms with E-state index < -0.39 is 0 Å². The van der Waals surface area contributed by atoms with E-state index in [0.29, 0.717) is 0 Å². The zero-order chi connectivity index (χ0) is 14.8. The van der Waals surface area contributed by atoms with E-state index in [0.717, 1.165) is 44.3 Å². The minimum absolute atomic E-state index is 0.0248. The number of benzene rings is 1. The normalized spacial score (nSPS) is 10.3. The largest absolute Gasteiger partial charge is 0.338 e. The van der Waals surface area contributed by atoms with Crippen molar-refractivity contribution in [1.82, 2.24) is 5.32 Å². The summed E-state index contributed by atoms with van der Waals surface area (Å²) in [5, 5.41) is 2.97. The van der Waals surface area contributed by atoms with Crippen molar-refractivity contribution < 1.29 is 4.79 Å². The van der Waals surface area contributed by atoms with Crippen molar-refractivity contribution in [2.24, 2.45) is 0 Å². The lowest BCUT2D eigenvalue weighted by Crippen LogP contribution is -2.38. The van der Waals surface area contributed by atoms with Gasteiger partial charge in [0.25, 0.3) is 0 Å². The summed E-state index contributed by atoms with van der Waals surface area (Å²) in [7, 11) is 1.83. The van der Waals surface area contributed by atoms with Crippen LogP contribution in [-0.4, -0.2) is 19.6 Å². The Morgan fingerprint density at radius 3 is 2.70 bits per heavy atom. The molecule has 1 aromatic rings. The Morgan fingerprint density at radius 1 is 1.25 bits per heavy atom. The van der Waals surface area contributed by atoms with E-state index in [-0.39, 0.29) is 6.03 Å². The number of amides is 2. The van der Waals surface area contributed by atoms with Crippen molar-refractivity contribution in [1.29, 1.82) is 0 Å². The predicted octanol–water partition coefficient (Wildman–Crippen LogP) is 4.18. The highest BCUT2D eigenvalue weighted by molar-refractivity contribution is 5.92. The zero-order valence-electron chi connectivity index (χ0n) is 12.8. The monoisotopic (exact) mass is 275 g/mol. The van der Waals surface area contributed by atoms with E-state index in [1.54, 1.807) is 4.90 Å². The Bertz CT molecular complexity index is 404. The summed E-state index contributed by atoms with van der Waals surface area (Å²) >= 11 is 0. The quantitative estimate of drug-likeness (QED) is 0.709. The summed E-state index contributed by atoms with van der Waals surface area (Å²) in [6.07, 6.45) is 6.29. The molecule has 0 aliphatic rings. The highest BCUT2D eigenvalue weighted by atomic mass is 16.2. The zero-order valence-corrected chi connectivity index (χ0v) is 12.8. The van der Waals surface area contributed by atoms with Crippen LogP contribution >= 0.6 is 0 Å². The fourth-order valence-electron chi connectivity index (χ4n) is 2.16. The molecule has 0 aromatic heterocycles. The molecule has 0 atom stereocenters. The van der Waals surface area contributed by atoms with E-state index >= 15 is 0 Å². The molecule has 2 amide bonds. The smallest absolute Gasteiger partial charge is 0.321 e. The minimum Gasteiger partial charge on any atom is -0.338 e. The molecule has 0 bridgehead atoms. The van der Waals surface area contributed by atoms with Gasteiger partial charge in [-0.3, -0.25) is 4.90 Å². The van der Waals surface area contributed by atoms with E-state index in [1.165, 1.54) is 12.0 Å². The number of rotatable bonds is 8. The van der Waals surface area contributed by atoms with Crippen LogP contribution in [0, 0.1) is 6.92 Å². The Morgan fingerprint density at radius 2 is 2.00 bits per heavy atom. The van der Waals surface area contributed by atoms with Crippen LogP contribution < -0.4 is 10.2 Å². The van der Waals surface area contributed by atoms with Gasteiger partial charge in [0, 0.05) is 19.3 Å². The molecule has 20 heavy (non-hydrogen) atoms. The Hall–Kier alpha value is -1.51. The third kappa shape index (κ3) is 5.24. The van der Waals surface area contributed by atoms with Gasteiger partial charge in [0.05, 0.1) is 0 Å². The lowest BCUT2D eigenvalue weighted by Gasteiger charge is -2.21. The highest BCUT2D eigenvalue weighted by Gasteiger charge is 2.13. The number of unbranched alkanes of at least 4 members (excludes halogenated alkanes) is 3. The van der Waals surface area contributed by atoms with Crippen molar-refractivity contribution >= 4 is 11.7 Å². The maximum absolute atomic E-state index is 12.1. The molecule has 1 aromatic carbocycles. The predicted molar refractivity (Wildman–Crippen MR) is 86.1 cm³/mol. The molecule has 0 saturated carbocycles. The number of nitrogens with zero attached hydrogens (tertiary/aromatic N) is 1. The first-order valence-corrected chi connectivity index (χ1v) is 7.59. The molecule has 0 aliphatic carbocycles. The number of aryl methyl sites for hydroxylation is 1.